The summed E-state index contributed by atoms with van der Waals surface area (Å²) in [5.74, 6) is 1.22. The Bertz CT molecular complexity index is 395. The van der Waals surface area contributed by atoms with Crippen LogP contribution in [0, 0.1) is 0 Å². The number of carbonyl (C=O) groups is 1. The van der Waals surface area contributed by atoms with E-state index in [4.69, 9.17) is 4.74 Å². The highest BCUT2D eigenvalue weighted by Gasteiger charge is 2.32. The van der Waals surface area contributed by atoms with Crippen molar-refractivity contribution in [2.45, 2.75) is 12.5 Å². The van der Waals surface area contributed by atoms with Crippen LogP contribution in [-0.4, -0.2) is 37.6 Å². The van der Waals surface area contributed by atoms with Gasteiger partial charge in [-0.15, -0.1) is 0 Å². The number of hydrogen-bond acceptors (Lipinski definition) is 4. The first kappa shape index (κ1) is 10.9. The summed E-state index contributed by atoms with van der Waals surface area (Å²) in [6, 6.07) is 3.63. The van der Waals surface area contributed by atoms with Gasteiger partial charge in [0.05, 0.1) is 0 Å². The number of ether oxygens (including phenoxy) is 1. The van der Waals surface area contributed by atoms with Crippen molar-refractivity contribution in [3.8, 4) is 5.75 Å². The van der Waals surface area contributed by atoms with Crippen LogP contribution >= 0.6 is 0 Å². The van der Waals surface area contributed by atoms with E-state index in [1.54, 1.807) is 24.2 Å². The highest BCUT2D eigenvalue weighted by atomic mass is 16.5. The number of rotatable bonds is 3. The molecule has 1 aliphatic rings. The van der Waals surface area contributed by atoms with Crippen molar-refractivity contribution in [1.29, 1.82) is 0 Å². The molecule has 16 heavy (non-hydrogen) atoms. The lowest BCUT2D eigenvalue weighted by molar-refractivity contribution is -0.126. The van der Waals surface area contributed by atoms with Crippen molar-refractivity contribution in [3.05, 3.63) is 18.3 Å². The summed E-state index contributed by atoms with van der Waals surface area (Å²) in [5, 5.41) is 3.01. The molecule has 0 saturated heterocycles. The van der Waals surface area contributed by atoms with Crippen molar-refractivity contribution < 1.29 is 9.53 Å². The monoisotopic (exact) mass is 221 g/mol. The third-order valence-corrected chi connectivity index (χ3v) is 2.60. The normalized spacial score (nSPS) is 19.2. The Labute approximate surface area is 94.4 Å². The van der Waals surface area contributed by atoms with Gasteiger partial charge < -0.3 is 10.1 Å². The molecule has 1 aromatic heterocycles. The van der Waals surface area contributed by atoms with Crippen molar-refractivity contribution in [2.24, 2.45) is 0 Å². The van der Waals surface area contributed by atoms with Gasteiger partial charge in [0.2, 0.25) is 0 Å². The molecular weight excluding hydrogens is 206 g/mol. The minimum atomic E-state index is -0.408. The van der Waals surface area contributed by atoms with Gasteiger partial charge in [-0.05, 0) is 25.7 Å². The summed E-state index contributed by atoms with van der Waals surface area (Å²) in [4.78, 5) is 17.6. The number of pyridine rings is 1. The maximum Gasteiger partial charge on any atom is 0.269 e. The lowest BCUT2D eigenvalue weighted by Gasteiger charge is -2.30. The molecule has 0 saturated carbocycles. The summed E-state index contributed by atoms with van der Waals surface area (Å²) in [5.41, 5.74) is 0. The molecule has 1 atom stereocenters. The number of fused-ring (bicyclic) bond motifs is 1. The Kier molecular flexibility index (Phi) is 3.05. The van der Waals surface area contributed by atoms with E-state index in [0.717, 1.165) is 6.54 Å². The van der Waals surface area contributed by atoms with E-state index >= 15 is 0 Å². The Morgan fingerprint density at radius 3 is 3.19 bits per heavy atom. The summed E-state index contributed by atoms with van der Waals surface area (Å²) in [6.45, 7) is 0.750. The van der Waals surface area contributed by atoms with E-state index in [9.17, 15) is 4.79 Å². The van der Waals surface area contributed by atoms with E-state index in [1.165, 1.54) is 0 Å². The molecule has 2 rings (SSSR count). The fourth-order valence-electron chi connectivity index (χ4n) is 1.71. The molecule has 5 nitrogen and oxygen atoms in total. The maximum absolute atomic E-state index is 11.9. The van der Waals surface area contributed by atoms with Gasteiger partial charge >= 0.3 is 0 Å². The second kappa shape index (κ2) is 4.49. The Morgan fingerprint density at radius 1 is 1.62 bits per heavy atom. The van der Waals surface area contributed by atoms with Crippen LogP contribution in [0.3, 0.4) is 0 Å². The molecule has 5 heteroatoms. The minimum absolute atomic E-state index is 0.0403. The third kappa shape index (κ3) is 1.86. The van der Waals surface area contributed by atoms with Gasteiger partial charge in [0.25, 0.3) is 5.91 Å². The molecule has 0 spiro atoms. The standard InChI is InChI=1S/C11H15N3O2/c1-12-7-5-9-11(15)14(2)10-8(16-9)4-3-6-13-10/h3-4,6,9,12H,5,7H2,1-2H3. The summed E-state index contributed by atoms with van der Waals surface area (Å²) >= 11 is 0. The zero-order chi connectivity index (χ0) is 11.5. The molecule has 0 aliphatic carbocycles. The van der Waals surface area contributed by atoms with Crippen LogP contribution in [0.4, 0.5) is 5.82 Å². The number of aromatic nitrogens is 1. The first-order chi connectivity index (χ1) is 7.74. The van der Waals surface area contributed by atoms with E-state index in [-0.39, 0.29) is 5.91 Å². The van der Waals surface area contributed by atoms with Gasteiger partial charge in [0.1, 0.15) is 0 Å². The van der Waals surface area contributed by atoms with Gasteiger partial charge in [-0.3, -0.25) is 9.69 Å². The van der Waals surface area contributed by atoms with Crippen LogP contribution in [0.15, 0.2) is 18.3 Å². The highest BCUT2D eigenvalue weighted by Crippen LogP contribution is 2.30. The number of amides is 1. The number of hydrogen-bond donors (Lipinski definition) is 1. The Hall–Kier alpha value is -1.62. The van der Waals surface area contributed by atoms with Crippen molar-refractivity contribution in [2.75, 3.05) is 25.5 Å². The number of likely N-dealkylation sites (N-methyl/N-ethyl adjacent to an activating group) is 1. The van der Waals surface area contributed by atoms with Crippen LogP contribution in [0.2, 0.25) is 0 Å². The van der Waals surface area contributed by atoms with E-state index in [2.05, 4.69) is 10.3 Å². The topological polar surface area (TPSA) is 54.5 Å². The van der Waals surface area contributed by atoms with Gasteiger partial charge in [-0.1, -0.05) is 0 Å². The fraction of sp³-hybridized carbons (Fsp3) is 0.455. The van der Waals surface area contributed by atoms with Crippen molar-refractivity contribution in [3.63, 3.8) is 0 Å². The van der Waals surface area contributed by atoms with Crippen LogP contribution in [0.5, 0.6) is 5.75 Å². The van der Waals surface area contributed by atoms with Crippen LogP contribution < -0.4 is 15.0 Å². The van der Waals surface area contributed by atoms with Crippen LogP contribution in [0.1, 0.15) is 6.42 Å². The predicted octanol–water partition coefficient (Wildman–Crippen LogP) is 0.415. The summed E-state index contributed by atoms with van der Waals surface area (Å²) in [7, 11) is 3.58. The molecule has 2 heterocycles. The molecule has 0 bridgehead atoms. The van der Waals surface area contributed by atoms with Crippen molar-refractivity contribution >= 4 is 11.7 Å². The number of nitrogens with one attached hydrogen (secondary N) is 1. The molecule has 0 radical (unpaired) electrons. The lowest BCUT2D eigenvalue weighted by Crippen LogP contribution is -2.45. The summed E-state index contributed by atoms with van der Waals surface area (Å²) < 4.78 is 5.62. The fourth-order valence-corrected chi connectivity index (χ4v) is 1.71. The third-order valence-electron chi connectivity index (χ3n) is 2.60. The second-order valence-electron chi connectivity index (χ2n) is 3.72. The molecule has 0 aromatic carbocycles. The maximum atomic E-state index is 11.9. The number of carbonyl (C=O) groups excluding carboxylic acids is 1. The van der Waals surface area contributed by atoms with Gasteiger partial charge in [-0.25, -0.2) is 4.98 Å². The quantitative estimate of drug-likeness (QED) is 0.803. The minimum Gasteiger partial charge on any atom is -0.477 e. The predicted molar refractivity (Wildman–Crippen MR) is 60.6 cm³/mol. The van der Waals surface area contributed by atoms with Crippen LogP contribution in [0.25, 0.3) is 0 Å². The smallest absolute Gasteiger partial charge is 0.269 e. The zero-order valence-corrected chi connectivity index (χ0v) is 9.43. The zero-order valence-electron chi connectivity index (χ0n) is 9.43. The van der Waals surface area contributed by atoms with Gasteiger partial charge in [-0.2, -0.15) is 0 Å². The van der Waals surface area contributed by atoms with Crippen LogP contribution in [-0.2, 0) is 4.79 Å². The van der Waals surface area contributed by atoms with E-state index in [1.807, 2.05) is 13.1 Å². The summed E-state index contributed by atoms with van der Waals surface area (Å²) in [6.07, 6.45) is 1.91. The van der Waals surface area contributed by atoms with Crippen molar-refractivity contribution in [1.82, 2.24) is 10.3 Å². The lowest BCUT2D eigenvalue weighted by atomic mass is 10.2. The largest absolute Gasteiger partial charge is 0.477 e. The van der Waals surface area contributed by atoms with E-state index < -0.39 is 6.10 Å². The van der Waals surface area contributed by atoms with Gasteiger partial charge in [0.15, 0.2) is 17.7 Å². The SMILES string of the molecule is CNCCC1Oc2cccnc2N(C)C1=O. The molecule has 0 fully saturated rings. The first-order valence-corrected chi connectivity index (χ1v) is 5.28. The Balaban J connectivity index is 2.21. The van der Waals surface area contributed by atoms with E-state index in [0.29, 0.717) is 18.0 Å². The molecule has 1 unspecified atom stereocenters. The average Bonchev–Trinajstić information content (AvgIpc) is 2.32. The molecule has 1 N–H and O–H groups in total. The highest BCUT2D eigenvalue weighted by molar-refractivity contribution is 5.98. The first-order valence-electron chi connectivity index (χ1n) is 5.28. The van der Waals surface area contributed by atoms with Gasteiger partial charge in [0, 0.05) is 19.7 Å². The molecule has 1 amide bonds. The molecular formula is C11H15N3O2. The number of nitrogens with zero attached hydrogens (tertiary/aromatic N) is 2. The second-order valence-corrected chi connectivity index (χ2v) is 3.72. The number of anilines is 1. The molecule has 86 valence electrons. The molecule has 1 aromatic rings. The average molecular weight is 221 g/mol. The Morgan fingerprint density at radius 2 is 2.44 bits per heavy atom. The molecule has 1 aliphatic heterocycles.